The predicted octanol–water partition coefficient (Wildman–Crippen LogP) is 4.15. The first-order chi connectivity index (χ1) is 14.0. The maximum atomic E-state index is 13.0. The maximum Gasteiger partial charge on any atom is 0.289 e. The molecule has 1 aromatic heterocycles. The van der Waals surface area contributed by atoms with Crippen molar-refractivity contribution in [2.45, 2.75) is 58.0 Å². The quantitative estimate of drug-likeness (QED) is 0.811. The molecule has 2 aliphatic rings. The third-order valence-corrected chi connectivity index (χ3v) is 6.97. The minimum atomic E-state index is -0.0318. The summed E-state index contributed by atoms with van der Waals surface area (Å²) >= 11 is 6.65. The fourth-order valence-corrected chi connectivity index (χ4v) is 5.09. The molecule has 158 valence electrons. The largest absolute Gasteiger partial charge is 0.365 e. The Balaban J connectivity index is 1.57. The lowest BCUT2D eigenvalue weighted by molar-refractivity contribution is 0.0685. The van der Waals surface area contributed by atoms with E-state index in [1.54, 1.807) is 0 Å². The van der Waals surface area contributed by atoms with Gasteiger partial charge in [-0.05, 0) is 38.4 Å². The van der Waals surface area contributed by atoms with Crippen molar-refractivity contribution in [1.82, 2.24) is 19.8 Å². The van der Waals surface area contributed by atoms with Crippen LogP contribution in [0.4, 0.5) is 5.69 Å². The first-order valence-electron chi connectivity index (χ1n) is 10.9. The summed E-state index contributed by atoms with van der Waals surface area (Å²) in [5.41, 5.74) is 2.63. The monoisotopic (exact) mass is 417 g/mol. The van der Waals surface area contributed by atoms with E-state index in [4.69, 9.17) is 11.6 Å². The number of amides is 1. The average Bonchev–Trinajstić information content (AvgIpc) is 3.15. The molecule has 2 heterocycles. The number of halogens is 1. The summed E-state index contributed by atoms with van der Waals surface area (Å²) in [6.45, 7) is 8.52. The fraction of sp³-hybridized carbons (Fsp3) is 0.636. The molecule has 1 unspecified atom stereocenters. The number of H-pyrrole nitrogens is 1. The van der Waals surface area contributed by atoms with E-state index in [0.717, 1.165) is 55.7 Å². The van der Waals surface area contributed by atoms with Gasteiger partial charge in [0.15, 0.2) is 5.82 Å². The summed E-state index contributed by atoms with van der Waals surface area (Å²) in [6.07, 6.45) is 5.84. The number of nitrogens with zero attached hydrogens (tertiary/aromatic N) is 4. The van der Waals surface area contributed by atoms with Crippen LogP contribution in [-0.2, 0) is 0 Å². The van der Waals surface area contributed by atoms with Gasteiger partial charge in [0.25, 0.3) is 5.91 Å². The van der Waals surface area contributed by atoms with Gasteiger partial charge in [-0.2, -0.15) is 0 Å². The molecule has 1 aliphatic heterocycles. The molecule has 0 bridgehead atoms. The lowest BCUT2D eigenvalue weighted by atomic mass is 9.94. The van der Waals surface area contributed by atoms with Crippen LogP contribution in [0.2, 0.25) is 5.02 Å². The maximum absolute atomic E-state index is 13.0. The van der Waals surface area contributed by atoms with E-state index in [2.05, 4.69) is 33.6 Å². The first-order valence-corrected chi connectivity index (χ1v) is 11.3. The number of nitrogens with one attached hydrogen (secondary N) is 1. The Morgan fingerprint density at radius 1 is 1.28 bits per heavy atom. The number of hydrogen-bond donors (Lipinski definition) is 1. The molecular weight excluding hydrogens is 386 g/mol. The molecule has 2 fully saturated rings. The minimum absolute atomic E-state index is 0.0318. The van der Waals surface area contributed by atoms with E-state index in [-0.39, 0.29) is 5.91 Å². The molecule has 29 heavy (non-hydrogen) atoms. The Morgan fingerprint density at radius 2 is 2.03 bits per heavy atom. The van der Waals surface area contributed by atoms with Gasteiger partial charge in [-0.1, -0.05) is 37.8 Å². The van der Waals surface area contributed by atoms with Gasteiger partial charge >= 0.3 is 0 Å². The molecule has 0 spiro atoms. The van der Waals surface area contributed by atoms with E-state index in [1.807, 2.05) is 24.1 Å². The smallest absolute Gasteiger partial charge is 0.289 e. The minimum Gasteiger partial charge on any atom is -0.365 e. The number of likely N-dealkylation sites (N-methyl/N-ethyl adjacent to an activating group) is 1. The third kappa shape index (κ3) is 4.10. The molecule has 1 N–H and O–H groups in total. The Hall–Kier alpha value is -1.79. The Kier molecular flexibility index (Phi) is 6.02. The summed E-state index contributed by atoms with van der Waals surface area (Å²) in [5.74, 6) is 0.376. The van der Waals surface area contributed by atoms with Crippen molar-refractivity contribution >= 4 is 34.2 Å². The number of aromatic amines is 1. The number of anilines is 1. The summed E-state index contributed by atoms with van der Waals surface area (Å²) < 4.78 is 0. The summed E-state index contributed by atoms with van der Waals surface area (Å²) in [6, 6.07) is 4.65. The van der Waals surface area contributed by atoms with Crippen molar-refractivity contribution < 1.29 is 4.79 Å². The van der Waals surface area contributed by atoms with Gasteiger partial charge in [-0.15, -0.1) is 0 Å². The molecule has 1 amide bonds. The number of fused-ring (bicyclic) bond motifs is 1. The molecule has 7 heteroatoms. The SMILES string of the molecule is CCN1CCN(c2cc3nc(C(=O)N(C)C4CCCCC4)[nH]c3cc2Cl)C(C)C1. The van der Waals surface area contributed by atoms with Gasteiger partial charge in [-0.25, -0.2) is 4.98 Å². The van der Waals surface area contributed by atoms with Gasteiger partial charge in [-0.3, -0.25) is 9.69 Å². The van der Waals surface area contributed by atoms with Crippen molar-refractivity contribution in [1.29, 1.82) is 0 Å². The van der Waals surface area contributed by atoms with Crippen LogP contribution in [0.15, 0.2) is 12.1 Å². The fourth-order valence-electron chi connectivity index (χ4n) is 4.82. The number of aromatic nitrogens is 2. The third-order valence-electron chi connectivity index (χ3n) is 6.66. The number of carbonyl (C=O) groups excluding carboxylic acids is 1. The Bertz CT molecular complexity index is 875. The van der Waals surface area contributed by atoms with Gasteiger partial charge in [0, 0.05) is 38.8 Å². The Morgan fingerprint density at radius 3 is 2.72 bits per heavy atom. The highest BCUT2D eigenvalue weighted by molar-refractivity contribution is 6.34. The first kappa shape index (κ1) is 20.5. The lowest BCUT2D eigenvalue weighted by Gasteiger charge is -2.41. The molecule has 1 saturated heterocycles. The summed E-state index contributed by atoms with van der Waals surface area (Å²) in [5, 5.41) is 0.706. The van der Waals surface area contributed by atoms with Gasteiger partial charge in [0.05, 0.1) is 21.7 Å². The second kappa shape index (κ2) is 8.52. The van der Waals surface area contributed by atoms with Crippen LogP contribution in [0.3, 0.4) is 0 Å². The van der Waals surface area contributed by atoms with Crippen LogP contribution in [0.25, 0.3) is 11.0 Å². The predicted molar refractivity (Wildman–Crippen MR) is 119 cm³/mol. The van der Waals surface area contributed by atoms with Crippen molar-refractivity contribution in [3.05, 3.63) is 23.0 Å². The molecule has 1 atom stereocenters. The van der Waals surface area contributed by atoms with E-state index in [1.165, 1.54) is 19.3 Å². The van der Waals surface area contributed by atoms with Crippen molar-refractivity contribution in [3.8, 4) is 0 Å². The normalized spacial score (nSPS) is 21.7. The van der Waals surface area contributed by atoms with Crippen LogP contribution >= 0.6 is 11.6 Å². The van der Waals surface area contributed by atoms with Gasteiger partial charge in [0.1, 0.15) is 0 Å². The van der Waals surface area contributed by atoms with Crippen LogP contribution in [0, 0.1) is 0 Å². The van der Waals surface area contributed by atoms with Crippen LogP contribution in [-0.4, -0.2) is 71.0 Å². The molecular formula is C22H32ClN5O. The van der Waals surface area contributed by atoms with E-state index in [0.29, 0.717) is 22.9 Å². The molecule has 4 rings (SSSR count). The van der Waals surface area contributed by atoms with E-state index < -0.39 is 0 Å². The zero-order valence-electron chi connectivity index (χ0n) is 17.7. The highest BCUT2D eigenvalue weighted by atomic mass is 35.5. The van der Waals surface area contributed by atoms with Crippen molar-refractivity contribution in [3.63, 3.8) is 0 Å². The van der Waals surface area contributed by atoms with Gasteiger partial charge in [0.2, 0.25) is 0 Å². The standard InChI is InChI=1S/C22H32ClN5O/c1-4-27-10-11-28(15(2)14-27)20-13-19-18(12-17(20)23)24-21(25-19)22(29)26(3)16-8-6-5-7-9-16/h12-13,15-16H,4-11,14H2,1-3H3,(H,24,25). The number of benzene rings is 1. The molecule has 1 aromatic carbocycles. The van der Waals surface area contributed by atoms with Crippen LogP contribution < -0.4 is 4.90 Å². The highest BCUT2D eigenvalue weighted by Crippen LogP contribution is 2.33. The molecule has 2 aromatic rings. The van der Waals surface area contributed by atoms with Crippen LogP contribution in [0.5, 0.6) is 0 Å². The highest BCUT2D eigenvalue weighted by Gasteiger charge is 2.27. The van der Waals surface area contributed by atoms with E-state index >= 15 is 0 Å². The second-order valence-electron chi connectivity index (χ2n) is 8.55. The average molecular weight is 418 g/mol. The van der Waals surface area contributed by atoms with E-state index in [9.17, 15) is 4.79 Å². The molecule has 1 aliphatic carbocycles. The molecule has 0 radical (unpaired) electrons. The van der Waals surface area contributed by atoms with Crippen molar-refractivity contribution in [2.24, 2.45) is 0 Å². The zero-order chi connectivity index (χ0) is 20.5. The summed E-state index contributed by atoms with van der Waals surface area (Å²) in [4.78, 5) is 27.5. The Labute approximate surface area is 178 Å². The van der Waals surface area contributed by atoms with Gasteiger partial charge < -0.3 is 14.8 Å². The topological polar surface area (TPSA) is 55.5 Å². The lowest BCUT2D eigenvalue weighted by Crippen LogP contribution is -2.51. The summed E-state index contributed by atoms with van der Waals surface area (Å²) in [7, 11) is 1.90. The zero-order valence-corrected chi connectivity index (χ0v) is 18.5. The number of hydrogen-bond acceptors (Lipinski definition) is 4. The number of piperazine rings is 1. The number of carbonyl (C=O) groups is 1. The molecule has 1 saturated carbocycles. The van der Waals surface area contributed by atoms with Crippen molar-refractivity contribution in [2.75, 3.05) is 38.1 Å². The van der Waals surface area contributed by atoms with Crippen LogP contribution in [0.1, 0.15) is 56.6 Å². The number of rotatable bonds is 4. The second-order valence-corrected chi connectivity index (χ2v) is 8.96. The molecule has 6 nitrogen and oxygen atoms in total. The number of imidazole rings is 1.